The van der Waals surface area contributed by atoms with Gasteiger partial charge in [-0.05, 0) is 19.2 Å². The number of halogens is 1. The first-order chi connectivity index (χ1) is 6.76. The number of nitrogens with zero attached hydrogens (tertiary/aromatic N) is 3. The zero-order valence-electron chi connectivity index (χ0n) is 7.99. The predicted octanol–water partition coefficient (Wildman–Crippen LogP) is 2.83. The highest BCUT2D eigenvalue weighted by Gasteiger charge is 2.08. The zero-order valence-corrected chi connectivity index (χ0v) is 9.56. The molecule has 2 heterocycles. The molecule has 0 fully saturated rings. The van der Waals surface area contributed by atoms with Crippen LogP contribution in [0.1, 0.15) is 6.92 Å². The third kappa shape index (κ3) is 1.48. The molecule has 0 bridgehead atoms. The third-order valence-electron chi connectivity index (χ3n) is 2.07. The molecule has 3 nitrogen and oxygen atoms in total. The van der Waals surface area contributed by atoms with Gasteiger partial charge in [0.15, 0.2) is 5.16 Å². The van der Waals surface area contributed by atoms with E-state index in [2.05, 4.69) is 21.5 Å². The van der Waals surface area contributed by atoms with Gasteiger partial charge in [0.2, 0.25) is 0 Å². The average Bonchev–Trinajstić information content (AvgIpc) is 2.61. The number of hydrogen-bond donors (Lipinski definition) is 0. The SMILES string of the molecule is CCn1ccc2c(Cl)nc(SC)nc21. The number of fused-ring (bicyclic) bond motifs is 1. The van der Waals surface area contributed by atoms with Crippen molar-refractivity contribution >= 4 is 34.4 Å². The first-order valence-corrected chi connectivity index (χ1v) is 5.93. The Morgan fingerprint density at radius 2 is 2.29 bits per heavy atom. The Morgan fingerprint density at radius 3 is 2.93 bits per heavy atom. The van der Waals surface area contributed by atoms with Crippen LogP contribution in [-0.2, 0) is 6.54 Å². The smallest absolute Gasteiger partial charge is 0.190 e. The van der Waals surface area contributed by atoms with Crippen molar-refractivity contribution in [1.82, 2.24) is 14.5 Å². The fraction of sp³-hybridized carbons (Fsp3) is 0.333. The molecule has 74 valence electrons. The molecule has 0 radical (unpaired) electrons. The summed E-state index contributed by atoms with van der Waals surface area (Å²) in [6, 6.07) is 1.95. The Bertz CT molecular complexity index is 466. The molecule has 0 N–H and O–H groups in total. The summed E-state index contributed by atoms with van der Waals surface area (Å²) in [5.74, 6) is 0. The first kappa shape index (κ1) is 9.80. The Morgan fingerprint density at radius 1 is 1.50 bits per heavy atom. The fourth-order valence-electron chi connectivity index (χ4n) is 1.36. The number of aryl methyl sites for hydroxylation is 1. The summed E-state index contributed by atoms with van der Waals surface area (Å²) in [6.07, 6.45) is 3.92. The summed E-state index contributed by atoms with van der Waals surface area (Å²) in [4.78, 5) is 8.59. The Hall–Kier alpha value is -0.740. The molecule has 0 aliphatic rings. The van der Waals surface area contributed by atoms with Gasteiger partial charge in [-0.2, -0.15) is 0 Å². The van der Waals surface area contributed by atoms with E-state index >= 15 is 0 Å². The topological polar surface area (TPSA) is 30.7 Å². The minimum absolute atomic E-state index is 0.534. The Balaban J connectivity index is 2.73. The van der Waals surface area contributed by atoms with Gasteiger partial charge in [0.25, 0.3) is 0 Å². The van der Waals surface area contributed by atoms with Crippen LogP contribution < -0.4 is 0 Å². The largest absolute Gasteiger partial charge is 0.333 e. The predicted molar refractivity (Wildman–Crippen MR) is 60.0 cm³/mol. The summed E-state index contributed by atoms with van der Waals surface area (Å²) in [5.41, 5.74) is 0.914. The lowest BCUT2D eigenvalue weighted by molar-refractivity contribution is 0.778. The molecule has 0 amide bonds. The lowest BCUT2D eigenvalue weighted by Crippen LogP contribution is -1.96. The van der Waals surface area contributed by atoms with Crippen LogP contribution in [0.3, 0.4) is 0 Å². The molecule has 0 aromatic carbocycles. The highest BCUT2D eigenvalue weighted by molar-refractivity contribution is 7.98. The fourth-order valence-corrected chi connectivity index (χ4v) is 1.99. The average molecular weight is 228 g/mol. The minimum Gasteiger partial charge on any atom is -0.333 e. The van der Waals surface area contributed by atoms with Gasteiger partial charge in [0, 0.05) is 12.7 Å². The second-order valence-electron chi connectivity index (χ2n) is 2.84. The van der Waals surface area contributed by atoms with E-state index in [0.717, 1.165) is 22.7 Å². The van der Waals surface area contributed by atoms with Crippen LogP contribution in [0.15, 0.2) is 17.4 Å². The maximum atomic E-state index is 6.03. The first-order valence-electron chi connectivity index (χ1n) is 4.32. The van der Waals surface area contributed by atoms with E-state index in [-0.39, 0.29) is 0 Å². The molecule has 2 aromatic rings. The van der Waals surface area contributed by atoms with Crippen LogP contribution in [0.2, 0.25) is 5.15 Å². The Labute approximate surface area is 91.5 Å². The van der Waals surface area contributed by atoms with E-state index in [1.54, 1.807) is 0 Å². The van der Waals surface area contributed by atoms with E-state index in [9.17, 15) is 0 Å². The van der Waals surface area contributed by atoms with Crippen molar-refractivity contribution < 1.29 is 0 Å². The van der Waals surface area contributed by atoms with Crippen LogP contribution in [0.25, 0.3) is 11.0 Å². The van der Waals surface area contributed by atoms with Gasteiger partial charge in [-0.15, -0.1) is 0 Å². The van der Waals surface area contributed by atoms with Crippen LogP contribution in [0.5, 0.6) is 0 Å². The van der Waals surface area contributed by atoms with E-state index in [1.165, 1.54) is 11.8 Å². The summed E-state index contributed by atoms with van der Waals surface area (Å²) in [5, 5.41) is 2.17. The highest BCUT2D eigenvalue weighted by atomic mass is 35.5. The quantitative estimate of drug-likeness (QED) is 0.449. The van der Waals surface area contributed by atoms with E-state index in [0.29, 0.717) is 5.15 Å². The van der Waals surface area contributed by atoms with Gasteiger partial charge in [-0.3, -0.25) is 0 Å². The van der Waals surface area contributed by atoms with Gasteiger partial charge in [-0.25, -0.2) is 9.97 Å². The molecule has 0 atom stereocenters. The zero-order chi connectivity index (χ0) is 10.1. The second-order valence-corrected chi connectivity index (χ2v) is 3.97. The van der Waals surface area contributed by atoms with Crippen LogP contribution in [0, 0.1) is 0 Å². The van der Waals surface area contributed by atoms with Crippen LogP contribution in [0.4, 0.5) is 0 Å². The molecule has 14 heavy (non-hydrogen) atoms. The lowest BCUT2D eigenvalue weighted by atomic mass is 10.4. The van der Waals surface area contributed by atoms with E-state index < -0.39 is 0 Å². The van der Waals surface area contributed by atoms with Crippen molar-refractivity contribution in [1.29, 1.82) is 0 Å². The monoisotopic (exact) mass is 227 g/mol. The van der Waals surface area contributed by atoms with Crippen molar-refractivity contribution in [3.05, 3.63) is 17.4 Å². The van der Waals surface area contributed by atoms with E-state index in [4.69, 9.17) is 11.6 Å². The van der Waals surface area contributed by atoms with Crippen molar-refractivity contribution in [2.45, 2.75) is 18.6 Å². The van der Waals surface area contributed by atoms with Crippen LogP contribution in [-0.4, -0.2) is 20.8 Å². The van der Waals surface area contributed by atoms with Gasteiger partial charge in [0.1, 0.15) is 10.8 Å². The second kappa shape index (κ2) is 3.79. The molecule has 5 heteroatoms. The molecular weight excluding hydrogens is 218 g/mol. The maximum absolute atomic E-state index is 6.03. The number of hydrogen-bond acceptors (Lipinski definition) is 3. The molecule has 0 aliphatic heterocycles. The van der Waals surface area contributed by atoms with E-state index in [1.807, 2.05) is 18.5 Å². The van der Waals surface area contributed by atoms with Gasteiger partial charge in [0.05, 0.1) is 5.39 Å². The van der Waals surface area contributed by atoms with Crippen LogP contribution >= 0.6 is 23.4 Å². The molecule has 2 rings (SSSR count). The van der Waals surface area contributed by atoms with Gasteiger partial charge >= 0.3 is 0 Å². The summed E-state index contributed by atoms with van der Waals surface area (Å²) < 4.78 is 2.06. The normalized spacial score (nSPS) is 11.1. The summed E-state index contributed by atoms with van der Waals surface area (Å²) >= 11 is 7.53. The number of aromatic nitrogens is 3. The molecule has 0 spiro atoms. The van der Waals surface area contributed by atoms with Crippen molar-refractivity contribution in [2.24, 2.45) is 0 Å². The molecule has 0 saturated heterocycles. The van der Waals surface area contributed by atoms with Crippen molar-refractivity contribution in [2.75, 3.05) is 6.26 Å². The third-order valence-corrected chi connectivity index (χ3v) is 2.91. The summed E-state index contributed by atoms with van der Waals surface area (Å²) in [6.45, 7) is 2.97. The minimum atomic E-state index is 0.534. The van der Waals surface area contributed by atoms with Crippen molar-refractivity contribution in [3.8, 4) is 0 Å². The molecule has 0 aliphatic carbocycles. The number of thioether (sulfide) groups is 1. The molecule has 2 aromatic heterocycles. The highest BCUT2D eigenvalue weighted by Crippen LogP contribution is 2.23. The molecular formula is C9H10ClN3S. The lowest BCUT2D eigenvalue weighted by Gasteiger charge is -2.01. The number of rotatable bonds is 2. The van der Waals surface area contributed by atoms with Gasteiger partial charge in [-0.1, -0.05) is 23.4 Å². The Kier molecular flexibility index (Phi) is 2.65. The standard InChI is InChI=1S/C9H10ClN3S/c1-3-13-5-4-6-7(10)11-9(14-2)12-8(6)13/h4-5H,3H2,1-2H3. The van der Waals surface area contributed by atoms with Crippen molar-refractivity contribution in [3.63, 3.8) is 0 Å². The molecule has 0 saturated carbocycles. The van der Waals surface area contributed by atoms with Gasteiger partial charge < -0.3 is 4.57 Å². The summed E-state index contributed by atoms with van der Waals surface area (Å²) in [7, 11) is 0. The maximum Gasteiger partial charge on any atom is 0.190 e. The molecule has 0 unspecified atom stereocenters.